The number of hydrogen-bond acceptors (Lipinski definition) is 5. The van der Waals surface area contributed by atoms with Gasteiger partial charge in [0.2, 0.25) is 5.91 Å². The number of hydrogen-bond donors (Lipinski definition) is 5. The first-order chi connectivity index (χ1) is 17.8. The molecule has 1 aliphatic rings. The number of aromatic nitrogens is 2. The fourth-order valence-electron chi connectivity index (χ4n) is 4.45. The molecule has 2 amide bonds. The van der Waals surface area contributed by atoms with Crippen LogP contribution in [0.1, 0.15) is 35.2 Å². The standard InChI is InChI=1S/C26H27Cl2N5O4/c27-19-2-1-3-20(28)22(19)24(35)33-21(25(36)37)13-15-5-8-18(9-6-15)32-23(34)17-7-4-16(12-17)14-31-26-29-10-11-30-26/h1-3,5-6,8-11,16-17,21H,4,7,12-14H2,(H,32,34)(H,33,35)(H,36,37)(H2,29,30,31)/t16?,17-,21-/m0/s1. The maximum Gasteiger partial charge on any atom is 0.326 e. The summed E-state index contributed by atoms with van der Waals surface area (Å²) in [5, 5.41) is 18.6. The maximum atomic E-state index is 12.8. The highest BCUT2D eigenvalue weighted by molar-refractivity contribution is 6.39. The van der Waals surface area contributed by atoms with E-state index in [-0.39, 0.29) is 33.9 Å². The lowest BCUT2D eigenvalue weighted by Crippen LogP contribution is -2.42. The van der Waals surface area contributed by atoms with E-state index in [0.29, 0.717) is 17.2 Å². The van der Waals surface area contributed by atoms with E-state index in [1.165, 1.54) is 12.1 Å². The van der Waals surface area contributed by atoms with Crippen LogP contribution in [-0.4, -0.2) is 45.4 Å². The van der Waals surface area contributed by atoms with E-state index >= 15 is 0 Å². The lowest BCUT2D eigenvalue weighted by Gasteiger charge is -2.16. The number of carbonyl (C=O) groups excluding carboxylic acids is 2. The normalized spacial score (nSPS) is 17.7. The molecule has 37 heavy (non-hydrogen) atoms. The highest BCUT2D eigenvalue weighted by atomic mass is 35.5. The van der Waals surface area contributed by atoms with Crippen LogP contribution in [0.5, 0.6) is 0 Å². The van der Waals surface area contributed by atoms with Gasteiger partial charge >= 0.3 is 5.97 Å². The summed E-state index contributed by atoms with van der Waals surface area (Å²) in [5.41, 5.74) is 1.34. The quantitative estimate of drug-likeness (QED) is 0.253. The second kappa shape index (κ2) is 12.1. The van der Waals surface area contributed by atoms with Gasteiger partial charge in [-0.05, 0) is 55.0 Å². The Labute approximate surface area is 224 Å². The predicted molar refractivity (Wildman–Crippen MR) is 142 cm³/mol. The number of aromatic amines is 1. The van der Waals surface area contributed by atoms with Gasteiger partial charge in [-0.1, -0.05) is 41.4 Å². The molecule has 194 valence electrons. The number of benzene rings is 2. The molecule has 9 nitrogen and oxygen atoms in total. The van der Waals surface area contributed by atoms with E-state index in [2.05, 4.69) is 25.9 Å². The predicted octanol–water partition coefficient (Wildman–Crippen LogP) is 4.61. The van der Waals surface area contributed by atoms with Gasteiger partial charge in [0.15, 0.2) is 5.95 Å². The number of anilines is 2. The first-order valence-electron chi connectivity index (χ1n) is 11.9. The van der Waals surface area contributed by atoms with Gasteiger partial charge in [-0.3, -0.25) is 9.59 Å². The van der Waals surface area contributed by atoms with Crippen LogP contribution in [0, 0.1) is 11.8 Å². The van der Waals surface area contributed by atoms with Gasteiger partial charge in [-0.2, -0.15) is 0 Å². The number of carboxylic acid groups (broad SMARTS) is 1. The summed E-state index contributed by atoms with van der Waals surface area (Å²) in [5.74, 6) is -0.823. The molecule has 11 heteroatoms. The third-order valence-electron chi connectivity index (χ3n) is 6.42. The van der Waals surface area contributed by atoms with Gasteiger partial charge in [-0.25, -0.2) is 9.78 Å². The minimum Gasteiger partial charge on any atom is -0.480 e. The molecule has 1 heterocycles. The topological polar surface area (TPSA) is 136 Å². The molecule has 1 unspecified atom stereocenters. The molecule has 0 saturated heterocycles. The smallest absolute Gasteiger partial charge is 0.326 e. The van der Waals surface area contributed by atoms with Crippen LogP contribution in [0.4, 0.5) is 11.6 Å². The molecule has 0 radical (unpaired) electrons. The molecule has 0 aliphatic heterocycles. The van der Waals surface area contributed by atoms with Crippen LogP contribution in [0.2, 0.25) is 10.0 Å². The second-order valence-corrected chi connectivity index (χ2v) is 9.86. The Balaban J connectivity index is 1.29. The van der Waals surface area contributed by atoms with Gasteiger partial charge in [0.1, 0.15) is 6.04 Å². The van der Waals surface area contributed by atoms with E-state index in [4.69, 9.17) is 23.2 Å². The lowest BCUT2D eigenvalue weighted by molar-refractivity contribution is -0.139. The lowest BCUT2D eigenvalue weighted by atomic mass is 10.0. The van der Waals surface area contributed by atoms with E-state index in [1.807, 2.05) is 0 Å². The van der Waals surface area contributed by atoms with Crippen molar-refractivity contribution in [2.45, 2.75) is 31.7 Å². The molecule has 2 aromatic carbocycles. The van der Waals surface area contributed by atoms with Crippen LogP contribution in [0.25, 0.3) is 0 Å². The number of amides is 2. The number of H-pyrrole nitrogens is 1. The highest BCUT2D eigenvalue weighted by Crippen LogP contribution is 2.32. The molecule has 5 N–H and O–H groups in total. The van der Waals surface area contributed by atoms with Crippen molar-refractivity contribution < 1.29 is 19.5 Å². The number of carboxylic acids is 1. The van der Waals surface area contributed by atoms with Gasteiger partial charge in [-0.15, -0.1) is 0 Å². The summed E-state index contributed by atoms with van der Waals surface area (Å²) >= 11 is 12.1. The van der Waals surface area contributed by atoms with Crippen LogP contribution in [0.3, 0.4) is 0 Å². The van der Waals surface area contributed by atoms with E-state index in [0.717, 1.165) is 31.8 Å². The van der Waals surface area contributed by atoms with Crippen LogP contribution in [0.15, 0.2) is 54.9 Å². The monoisotopic (exact) mass is 543 g/mol. The minimum absolute atomic E-state index is 0.0273. The number of rotatable bonds is 10. The molecule has 0 spiro atoms. The molecule has 1 aliphatic carbocycles. The summed E-state index contributed by atoms with van der Waals surface area (Å²) in [7, 11) is 0. The molecule has 3 atom stereocenters. The Morgan fingerprint density at radius 3 is 2.46 bits per heavy atom. The van der Waals surface area contributed by atoms with Gasteiger partial charge in [0, 0.05) is 37.0 Å². The SMILES string of the molecule is O=C(N[C@@H](Cc1ccc(NC(=O)[C@H]2CCC(CNc3ncc[nH]3)C2)cc1)C(=O)O)c1c(Cl)cccc1Cl. The first-order valence-corrected chi connectivity index (χ1v) is 12.7. The van der Waals surface area contributed by atoms with Crippen molar-refractivity contribution in [3.05, 3.63) is 76.0 Å². The van der Waals surface area contributed by atoms with Crippen LogP contribution >= 0.6 is 23.2 Å². The molecule has 1 fully saturated rings. The van der Waals surface area contributed by atoms with Crippen molar-refractivity contribution in [1.82, 2.24) is 15.3 Å². The fourth-order valence-corrected chi connectivity index (χ4v) is 5.02. The Hall–Kier alpha value is -3.56. The Morgan fingerprint density at radius 1 is 1.08 bits per heavy atom. The van der Waals surface area contributed by atoms with Crippen LogP contribution in [-0.2, 0) is 16.0 Å². The summed E-state index contributed by atoms with van der Waals surface area (Å²) in [6, 6.07) is 10.3. The molecular weight excluding hydrogens is 517 g/mol. The van der Waals surface area contributed by atoms with E-state index in [1.54, 1.807) is 42.7 Å². The number of carbonyl (C=O) groups is 3. The van der Waals surface area contributed by atoms with E-state index < -0.39 is 17.9 Å². The van der Waals surface area contributed by atoms with Crippen LogP contribution < -0.4 is 16.0 Å². The van der Waals surface area contributed by atoms with Crippen molar-refractivity contribution in [1.29, 1.82) is 0 Å². The molecule has 3 aromatic rings. The average molecular weight is 544 g/mol. The van der Waals surface area contributed by atoms with Gasteiger partial charge in [0.05, 0.1) is 15.6 Å². The second-order valence-electron chi connectivity index (χ2n) is 9.05. The average Bonchev–Trinajstić information content (AvgIpc) is 3.55. The Bertz CT molecular complexity index is 1230. The van der Waals surface area contributed by atoms with Crippen molar-refractivity contribution in [3.8, 4) is 0 Å². The van der Waals surface area contributed by atoms with Gasteiger partial charge < -0.3 is 26.0 Å². The third kappa shape index (κ3) is 7.02. The maximum absolute atomic E-state index is 12.8. The molecule has 1 saturated carbocycles. The number of halogens is 2. The number of nitrogens with zero attached hydrogens (tertiary/aromatic N) is 1. The molecule has 1 aromatic heterocycles. The summed E-state index contributed by atoms with van der Waals surface area (Å²) < 4.78 is 0. The van der Waals surface area contributed by atoms with Crippen molar-refractivity contribution in [3.63, 3.8) is 0 Å². The van der Waals surface area contributed by atoms with Crippen molar-refractivity contribution in [2.24, 2.45) is 11.8 Å². The Morgan fingerprint density at radius 2 is 1.81 bits per heavy atom. The number of aliphatic carboxylic acids is 1. The van der Waals surface area contributed by atoms with Crippen molar-refractivity contribution in [2.75, 3.05) is 17.2 Å². The first kappa shape index (κ1) is 26.5. The van der Waals surface area contributed by atoms with Crippen molar-refractivity contribution >= 4 is 52.6 Å². The van der Waals surface area contributed by atoms with E-state index in [9.17, 15) is 19.5 Å². The number of imidazole rings is 1. The zero-order valence-electron chi connectivity index (χ0n) is 19.8. The molecule has 0 bridgehead atoms. The zero-order valence-corrected chi connectivity index (χ0v) is 21.4. The summed E-state index contributed by atoms with van der Waals surface area (Å²) in [6.07, 6.45) is 6.08. The summed E-state index contributed by atoms with van der Waals surface area (Å²) in [4.78, 5) is 44.3. The fraction of sp³-hybridized carbons (Fsp3) is 0.308. The third-order valence-corrected chi connectivity index (χ3v) is 7.05. The largest absolute Gasteiger partial charge is 0.480 e. The molecule has 4 rings (SSSR count). The molecular formula is C26H27Cl2N5O4. The summed E-state index contributed by atoms with van der Waals surface area (Å²) in [6.45, 7) is 0.760. The Kier molecular flexibility index (Phi) is 8.68. The number of nitrogens with one attached hydrogen (secondary N) is 4. The minimum atomic E-state index is -1.19. The zero-order chi connectivity index (χ0) is 26.4. The highest BCUT2D eigenvalue weighted by Gasteiger charge is 2.30. The van der Waals surface area contributed by atoms with Gasteiger partial charge in [0.25, 0.3) is 5.91 Å².